The number of rotatable bonds is 6. The number of aromatic nitrogens is 1. The lowest BCUT2D eigenvalue weighted by Gasteiger charge is -2.11. The zero-order chi connectivity index (χ0) is 21.0. The van der Waals surface area contributed by atoms with Crippen LogP contribution in [0.5, 0.6) is 11.5 Å². The lowest BCUT2D eigenvalue weighted by molar-refractivity contribution is -0.113. The number of amides is 1. The molecule has 7 heteroatoms. The molecule has 0 atom stereocenters. The minimum absolute atomic E-state index is 0.146. The number of ether oxygens (including phenoxy) is 2. The number of carbonyl (C=O) groups is 1. The maximum absolute atomic E-state index is 12.4. The Morgan fingerprint density at radius 3 is 2.34 bits per heavy atom. The molecule has 29 heavy (non-hydrogen) atoms. The summed E-state index contributed by atoms with van der Waals surface area (Å²) in [7, 11) is 3.11. The number of pyridine rings is 1. The Morgan fingerprint density at radius 2 is 1.72 bits per heavy atom. The summed E-state index contributed by atoms with van der Waals surface area (Å²) in [6.45, 7) is 3.97. The molecule has 1 amide bonds. The third kappa shape index (κ3) is 4.79. The molecule has 148 valence electrons. The number of hydrogen-bond donors (Lipinski definition) is 1. The minimum Gasteiger partial charge on any atom is -0.493 e. The number of anilines is 1. The first-order valence-corrected chi connectivity index (χ1v) is 9.90. The highest BCUT2D eigenvalue weighted by Gasteiger charge is 2.13. The molecule has 6 nitrogen and oxygen atoms in total. The van der Waals surface area contributed by atoms with E-state index in [0.29, 0.717) is 27.6 Å². The Kier molecular flexibility index (Phi) is 6.25. The summed E-state index contributed by atoms with van der Waals surface area (Å²) in [5.74, 6) is 1.12. The molecule has 3 aromatic rings. The molecule has 0 aliphatic carbocycles. The lowest BCUT2D eigenvalue weighted by atomic mass is 10.1. The second kappa shape index (κ2) is 8.84. The minimum atomic E-state index is -0.155. The van der Waals surface area contributed by atoms with E-state index in [0.717, 1.165) is 22.2 Å². The van der Waals surface area contributed by atoms with Crippen LogP contribution in [0.25, 0.3) is 10.9 Å². The van der Waals surface area contributed by atoms with Crippen molar-refractivity contribution in [1.82, 2.24) is 4.98 Å². The van der Waals surface area contributed by atoms with Crippen molar-refractivity contribution in [2.75, 3.05) is 25.3 Å². The fourth-order valence-corrected chi connectivity index (χ4v) is 3.81. The number of thioether (sulfide) groups is 1. The van der Waals surface area contributed by atoms with E-state index in [4.69, 9.17) is 9.47 Å². The number of hydrogen-bond acceptors (Lipinski definition) is 6. The number of carbonyl (C=O) groups excluding carboxylic acids is 1. The van der Waals surface area contributed by atoms with Crippen LogP contribution in [0.15, 0.2) is 41.4 Å². The second-order valence-corrected chi connectivity index (χ2v) is 7.53. The van der Waals surface area contributed by atoms with Crippen LogP contribution in [0.3, 0.4) is 0 Å². The van der Waals surface area contributed by atoms with Crippen LogP contribution in [0, 0.1) is 25.2 Å². The number of nitriles is 1. The number of fused-ring (bicyclic) bond motifs is 1. The summed E-state index contributed by atoms with van der Waals surface area (Å²) in [6.07, 6.45) is 0. The van der Waals surface area contributed by atoms with Crippen molar-refractivity contribution in [3.63, 3.8) is 0 Å². The first-order chi connectivity index (χ1) is 13.9. The monoisotopic (exact) mass is 407 g/mol. The zero-order valence-electron chi connectivity index (χ0n) is 16.7. The van der Waals surface area contributed by atoms with E-state index < -0.39 is 0 Å². The van der Waals surface area contributed by atoms with Gasteiger partial charge in [0.2, 0.25) is 5.91 Å². The summed E-state index contributed by atoms with van der Waals surface area (Å²) in [4.78, 5) is 16.9. The topological polar surface area (TPSA) is 84.2 Å². The molecule has 0 saturated carbocycles. The van der Waals surface area contributed by atoms with Crippen LogP contribution >= 0.6 is 11.8 Å². The van der Waals surface area contributed by atoms with Crippen LogP contribution in [0.2, 0.25) is 0 Å². The fourth-order valence-electron chi connectivity index (χ4n) is 3.05. The highest BCUT2D eigenvalue weighted by atomic mass is 32.2. The van der Waals surface area contributed by atoms with E-state index in [9.17, 15) is 10.1 Å². The fraction of sp³-hybridized carbons (Fsp3) is 0.227. The van der Waals surface area contributed by atoms with Crippen LogP contribution in [0.4, 0.5) is 5.69 Å². The maximum Gasteiger partial charge on any atom is 0.234 e. The molecule has 0 spiro atoms. The van der Waals surface area contributed by atoms with Crippen molar-refractivity contribution < 1.29 is 14.3 Å². The van der Waals surface area contributed by atoms with Gasteiger partial charge in [0.1, 0.15) is 11.1 Å². The van der Waals surface area contributed by atoms with Crippen molar-refractivity contribution in [2.24, 2.45) is 0 Å². The van der Waals surface area contributed by atoms with E-state index in [-0.39, 0.29) is 11.7 Å². The van der Waals surface area contributed by atoms with Gasteiger partial charge in [0.25, 0.3) is 0 Å². The van der Waals surface area contributed by atoms with Crippen LogP contribution in [0.1, 0.15) is 16.7 Å². The summed E-state index contributed by atoms with van der Waals surface area (Å²) in [5, 5.41) is 13.7. The summed E-state index contributed by atoms with van der Waals surface area (Å²) in [6, 6.07) is 13.3. The van der Waals surface area contributed by atoms with E-state index in [1.807, 2.05) is 32.0 Å². The molecular weight excluding hydrogens is 386 g/mol. The van der Waals surface area contributed by atoms with Gasteiger partial charge in [0.15, 0.2) is 11.5 Å². The Hall–Kier alpha value is -3.24. The van der Waals surface area contributed by atoms with Gasteiger partial charge in [0, 0.05) is 17.1 Å². The molecule has 0 radical (unpaired) electrons. The molecule has 0 aliphatic rings. The van der Waals surface area contributed by atoms with Gasteiger partial charge in [0.05, 0.1) is 31.1 Å². The summed E-state index contributed by atoms with van der Waals surface area (Å²) >= 11 is 1.23. The molecule has 0 saturated heterocycles. The molecular formula is C22H21N3O3S. The van der Waals surface area contributed by atoms with Gasteiger partial charge >= 0.3 is 0 Å². The third-order valence-electron chi connectivity index (χ3n) is 4.25. The Labute approximate surface area is 173 Å². The summed E-state index contributed by atoms with van der Waals surface area (Å²) in [5.41, 5.74) is 4.00. The predicted molar refractivity (Wildman–Crippen MR) is 115 cm³/mol. The van der Waals surface area contributed by atoms with Crippen molar-refractivity contribution in [3.8, 4) is 17.6 Å². The molecule has 3 rings (SSSR count). The Bertz CT molecular complexity index is 1100. The average molecular weight is 407 g/mol. The van der Waals surface area contributed by atoms with Crippen molar-refractivity contribution in [3.05, 3.63) is 53.1 Å². The smallest absolute Gasteiger partial charge is 0.234 e. The SMILES string of the molecule is COc1cc2cc(C#N)c(SCC(=O)Nc3cc(C)cc(C)c3)nc2cc1OC. The third-order valence-corrected chi connectivity index (χ3v) is 5.24. The first kappa shape index (κ1) is 20.5. The average Bonchev–Trinajstić information content (AvgIpc) is 2.69. The summed E-state index contributed by atoms with van der Waals surface area (Å²) < 4.78 is 10.6. The Morgan fingerprint density at radius 1 is 1.07 bits per heavy atom. The zero-order valence-corrected chi connectivity index (χ0v) is 17.5. The van der Waals surface area contributed by atoms with Gasteiger partial charge in [-0.3, -0.25) is 4.79 Å². The maximum atomic E-state index is 12.4. The number of methoxy groups -OCH3 is 2. The largest absolute Gasteiger partial charge is 0.493 e. The van der Waals surface area contributed by atoms with Gasteiger partial charge in [-0.15, -0.1) is 0 Å². The Balaban J connectivity index is 1.81. The van der Waals surface area contributed by atoms with Gasteiger partial charge in [-0.2, -0.15) is 5.26 Å². The van der Waals surface area contributed by atoms with E-state index in [1.165, 1.54) is 11.8 Å². The highest BCUT2D eigenvalue weighted by Crippen LogP contribution is 2.33. The van der Waals surface area contributed by atoms with E-state index >= 15 is 0 Å². The van der Waals surface area contributed by atoms with Crippen LogP contribution in [-0.2, 0) is 4.79 Å². The normalized spacial score (nSPS) is 10.4. The van der Waals surface area contributed by atoms with E-state index in [1.54, 1.807) is 32.4 Å². The van der Waals surface area contributed by atoms with Crippen molar-refractivity contribution in [1.29, 1.82) is 5.26 Å². The van der Waals surface area contributed by atoms with Crippen molar-refractivity contribution >= 4 is 34.3 Å². The number of nitrogens with zero attached hydrogens (tertiary/aromatic N) is 2. The highest BCUT2D eigenvalue weighted by molar-refractivity contribution is 8.00. The molecule has 2 aromatic carbocycles. The van der Waals surface area contributed by atoms with Crippen molar-refractivity contribution in [2.45, 2.75) is 18.9 Å². The van der Waals surface area contributed by atoms with Gasteiger partial charge in [-0.1, -0.05) is 17.8 Å². The first-order valence-electron chi connectivity index (χ1n) is 8.91. The molecule has 1 aromatic heterocycles. The molecule has 0 aliphatic heterocycles. The van der Waals surface area contributed by atoms with Crippen LogP contribution < -0.4 is 14.8 Å². The predicted octanol–water partition coefficient (Wildman–Crippen LogP) is 4.47. The van der Waals surface area contributed by atoms with E-state index in [2.05, 4.69) is 16.4 Å². The van der Waals surface area contributed by atoms with Gasteiger partial charge in [-0.05, 0) is 49.2 Å². The van der Waals surface area contributed by atoms with Crippen LogP contribution in [-0.4, -0.2) is 30.9 Å². The molecule has 0 bridgehead atoms. The quantitative estimate of drug-likeness (QED) is 0.607. The lowest BCUT2D eigenvalue weighted by Crippen LogP contribution is -2.14. The number of nitrogens with one attached hydrogen (secondary N) is 1. The number of aryl methyl sites for hydroxylation is 2. The standard InChI is InChI=1S/C22H21N3O3S/c1-13-5-14(2)7-17(6-13)24-21(26)12-29-22-16(11-23)8-15-9-19(27-3)20(28-4)10-18(15)25-22/h5-10H,12H2,1-4H3,(H,24,26). The molecule has 0 unspecified atom stereocenters. The molecule has 1 heterocycles. The van der Waals surface area contributed by atoms with Gasteiger partial charge < -0.3 is 14.8 Å². The van der Waals surface area contributed by atoms with Gasteiger partial charge in [-0.25, -0.2) is 4.98 Å². The number of benzene rings is 2. The molecule has 1 N–H and O–H groups in total. The molecule has 0 fully saturated rings. The second-order valence-electron chi connectivity index (χ2n) is 6.57.